The molecule has 2 aromatic rings. The smallest absolute Gasteiger partial charge is 0.234 e. The van der Waals surface area contributed by atoms with Crippen molar-refractivity contribution < 1.29 is 13.2 Å². The number of amides is 1. The van der Waals surface area contributed by atoms with Crippen molar-refractivity contribution >= 4 is 33.2 Å². The van der Waals surface area contributed by atoms with Gasteiger partial charge in [0.2, 0.25) is 5.91 Å². The van der Waals surface area contributed by atoms with Gasteiger partial charge in [-0.2, -0.15) is 0 Å². The van der Waals surface area contributed by atoms with Crippen molar-refractivity contribution in [3.63, 3.8) is 0 Å². The van der Waals surface area contributed by atoms with E-state index in [0.29, 0.717) is 18.0 Å². The van der Waals surface area contributed by atoms with E-state index in [2.05, 4.69) is 27.6 Å². The van der Waals surface area contributed by atoms with Crippen molar-refractivity contribution in [1.29, 1.82) is 0 Å². The first-order valence-electron chi connectivity index (χ1n) is 9.53. The van der Waals surface area contributed by atoms with E-state index in [9.17, 15) is 13.2 Å². The van der Waals surface area contributed by atoms with Crippen molar-refractivity contribution in [3.05, 3.63) is 35.2 Å². The van der Waals surface area contributed by atoms with E-state index in [1.807, 2.05) is 17.7 Å². The number of carbonyl (C=O) groups is 1. The van der Waals surface area contributed by atoms with Gasteiger partial charge >= 0.3 is 0 Å². The molecule has 1 atom stereocenters. The van der Waals surface area contributed by atoms with Gasteiger partial charge in [-0.1, -0.05) is 17.8 Å². The lowest BCUT2D eigenvalue weighted by molar-refractivity contribution is -0.113. The van der Waals surface area contributed by atoms with Crippen LogP contribution in [0.5, 0.6) is 0 Å². The molecule has 0 unspecified atom stereocenters. The molecule has 0 bridgehead atoms. The van der Waals surface area contributed by atoms with Gasteiger partial charge in [-0.3, -0.25) is 4.79 Å². The topological polar surface area (TPSA) is 93.9 Å². The number of rotatable bonds is 6. The standard InChI is InChI=1S/C19H24N4O3S2/c1-23-17(9-13-7-8-28(25,26)12-13)21-22-19(23)27-11-18(24)20-16-6-5-14-3-2-4-15(14)10-16/h5-6,10,13H,2-4,7-9,11-12H2,1H3,(H,20,24)/t13-/m0/s1. The van der Waals surface area contributed by atoms with Crippen molar-refractivity contribution in [1.82, 2.24) is 14.8 Å². The van der Waals surface area contributed by atoms with Gasteiger partial charge in [0.1, 0.15) is 5.82 Å². The van der Waals surface area contributed by atoms with E-state index in [4.69, 9.17) is 0 Å². The monoisotopic (exact) mass is 420 g/mol. The van der Waals surface area contributed by atoms with Crippen LogP contribution in [-0.4, -0.2) is 46.3 Å². The molecule has 1 amide bonds. The summed E-state index contributed by atoms with van der Waals surface area (Å²) in [5.41, 5.74) is 3.55. The summed E-state index contributed by atoms with van der Waals surface area (Å²) in [6.45, 7) is 0. The second-order valence-electron chi connectivity index (χ2n) is 7.60. The number of sulfone groups is 1. The molecular formula is C19H24N4O3S2. The van der Waals surface area contributed by atoms with E-state index in [0.717, 1.165) is 24.4 Å². The number of aromatic nitrogens is 3. The summed E-state index contributed by atoms with van der Waals surface area (Å²) in [5, 5.41) is 12.0. The molecule has 0 spiro atoms. The number of hydrogen-bond acceptors (Lipinski definition) is 6. The van der Waals surface area contributed by atoms with Gasteiger partial charge in [-0.25, -0.2) is 8.42 Å². The molecule has 28 heavy (non-hydrogen) atoms. The quantitative estimate of drug-likeness (QED) is 0.719. The molecule has 1 fully saturated rings. The fourth-order valence-corrected chi connectivity index (χ4v) is 6.51. The predicted octanol–water partition coefficient (Wildman–Crippen LogP) is 2.01. The first-order valence-corrected chi connectivity index (χ1v) is 12.3. The molecule has 150 valence electrons. The molecule has 2 aliphatic rings. The lowest BCUT2D eigenvalue weighted by Gasteiger charge is -2.08. The van der Waals surface area contributed by atoms with Crippen LogP contribution in [0.2, 0.25) is 0 Å². The van der Waals surface area contributed by atoms with Crippen LogP contribution in [0.15, 0.2) is 23.4 Å². The zero-order valence-corrected chi connectivity index (χ0v) is 17.5. The van der Waals surface area contributed by atoms with E-state index >= 15 is 0 Å². The first kappa shape index (κ1) is 19.4. The molecule has 1 aromatic heterocycles. The Morgan fingerprint density at radius 2 is 2.11 bits per heavy atom. The number of thioether (sulfide) groups is 1. The van der Waals surface area contributed by atoms with Crippen molar-refractivity contribution in [3.8, 4) is 0 Å². The maximum Gasteiger partial charge on any atom is 0.234 e. The van der Waals surface area contributed by atoms with Crippen LogP contribution in [-0.2, 0) is 40.9 Å². The second-order valence-corrected chi connectivity index (χ2v) is 10.8. The van der Waals surface area contributed by atoms with Crippen LogP contribution in [0.25, 0.3) is 0 Å². The normalized spacial score (nSPS) is 20.2. The van der Waals surface area contributed by atoms with Crippen molar-refractivity contribution in [2.24, 2.45) is 13.0 Å². The van der Waals surface area contributed by atoms with E-state index in [1.54, 1.807) is 0 Å². The van der Waals surface area contributed by atoms with Gasteiger partial charge in [0.05, 0.1) is 17.3 Å². The van der Waals surface area contributed by atoms with Crippen LogP contribution in [0.1, 0.15) is 29.8 Å². The number of aryl methyl sites for hydroxylation is 2. The minimum absolute atomic E-state index is 0.0746. The van der Waals surface area contributed by atoms with Gasteiger partial charge in [0, 0.05) is 19.2 Å². The van der Waals surface area contributed by atoms with Gasteiger partial charge < -0.3 is 9.88 Å². The summed E-state index contributed by atoms with van der Waals surface area (Å²) < 4.78 is 25.1. The molecule has 1 aliphatic carbocycles. The van der Waals surface area contributed by atoms with E-state index < -0.39 is 9.84 Å². The lowest BCUT2D eigenvalue weighted by atomic mass is 10.1. The Balaban J connectivity index is 1.31. The number of carbonyl (C=O) groups excluding carboxylic acids is 1. The summed E-state index contributed by atoms with van der Waals surface area (Å²) in [5.74, 6) is 1.54. The first-order chi connectivity index (χ1) is 13.4. The van der Waals surface area contributed by atoms with Crippen LogP contribution >= 0.6 is 11.8 Å². The summed E-state index contributed by atoms with van der Waals surface area (Å²) >= 11 is 1.34. The zero-order chi connectivity index (χ0) is 19.7. The minimum Gasteiger partial charge on any atom is -0.325 e. The maximum atomic E-state index is 12.3. The molecular weight excluding hydrogens is 396 g/mol. The molecule has 7 nitrogen and oxygen atoms in total. The molecule has 2 heterocycles. The number of fused-ring (bicyclic) bond motifs is 1. The predicted molar refractivity (Wildman–Crippen MR) is 109 cm³/mol. The Morgan fingerprint density at radius 1 is 1.29 bits per heavy atom. The molecule has 1 aromatic carbocycles. The Morgan fingerprint density at radius 3 is 2.89 bits per heavy atom. The van der Waals surface area contributed by atoms with E-state index in [1.165, 1.54) is 29.3 Å². The van der Waals surface area contributed by atoms with E-state index in [-0.39, 0.29) is 29.1 Å². The van der Waals surface area contributed by atoms with Gasteiger partial charge in [0.25, 0.3) is 0 Å². The third-order valence-corrected chi connectivity index (χ3v) is 8.29. The van der Waals surface area contributed by atoms with Gasteiger partial charge in [-0.05, 0) is 54.9 Å². The third-order valence-electron chi connectivity index (χ3n) is 5.44. The fourth-order valence-electron chi connectivity index (χ4n) is 3.92. The number of nitrogens with one attached hydrogen (secondary N) is 1. The zero-order valence-electron chi connectivity index (χ0n) is 15.8. The summed E-state index contributed by atoms with van der Waals surface area (Å²) in [6, 6.07) is 6.13. The third kappa shape index (κ3) is 4.41. The summed E-state index contributed by atoms with van der Waals surface area (Å²) in [4.78, 5) is 12.3. The molecule has 1 aliphatic heterocycles. The Bertz CT molecular complexity index is 1000. The number of benzene rings is 1. The molecule has 0 radical (unpaired) electrons. The summed E-state index contributed by atoms with van der Waals surface area (Å²) in [6.07, 6.45) is 4.67. The highest BCUT2D eigenvalue weighted by molar-refractivity contribution is 7.99. The lowest BCUT2D eigenvalue weighted by Crippen LogP contribution is -2.15. The summed E-state index contributed by atoms with van der Waals surface area (Å²) in [7, 11) is -1.03. The number of hydrogen-bond donors (Lipinski definition) is 1. The largest absolute Gasteiger partial charge is 0.325 e. The number of anilines is 1. The molecule has 4 rings (SSSR count). The fraction of sp³-hybridized carbons (Fsp3) is 0.526. The highest BCUT2D eigenvalue weighted by Gasteiger charge is 2.29. The average molecular weight is 421 g/mol. The second kappa shape index (κ2) is 7.87. The Hall–Kier alpha value is -1.87. The molecule has 9 heteroatoms. The molecule has 0 saturated carbocycles. The van der Waals surface area contributed by atoms with Gasteiger partial charge in [0.15, 0.2) is 15.0 Å². The van der Waals surface area contributed by atoms with Crippen molar-refractivity contribution in [2.45, 2.75) is 37.3 Å². The SMILES string of the molecule is Cn1c(C[C@@H]2CCS(=O)(=O)C2)nnc1SCC(=O)Nc1ccc2c(c1)CCC2. The Labute approximate surface area is 169 Å². The average Bonchev–Trinajstić information content (AvgIpc) is 3.33. The van der Waals surface area contributed by atoms with Crippen LogP contribution in [0, 0.1) is 5.92 Å². The highest BCUT2D eigenvalue weighted by Crippen LogP contribution is 2.26. The Kier molecular flexibility index (Phi) is 5.46. The van der Waals surface area contributed by atoms with Crippen molar-refractivity contribution in [2.75, 3.05) is 22.6 Å². The van der Waals surface area contributed by atoms with Crippen LogP contribution in [0.4, 0.5) is 5.69 Å². The number of nitrogens with zero attached hydrogens (tertiary/aromatic N) is 3. The molecule has 1 N–H and O–H groups in total. The molecule has 1 saturated heterocycles. The van der Waals surface area contributed by atoms with Crippen LogP contribution in [0.3, 0.4) is 0 Å². The maximum absolute atomic E-state index is 12.3. The van der Waals surface area contributed by atoms with Gasteiger partial charge in [-0.15, -0.1) is 10.2 Å². The minimum atomic E-state index is -2.89. The van der Waals surface area contributed by atoms with Crippen LogP contribution < -0.4 is 5.32 Å². The highest BCUT2D eigenvalue weighted by atomic mass is 32.2.